The van der Waals surface area contributed by atoms with Gasteiger partial charge in [-0.15, -0.1) is 0 Å². The predicted octanol–water partition coefficient (Wildman–Crippen LogP) is 6.67. The van der Waals surface area contributed by atoms with Crippen molar-refractivity contribution < 1.29 is 4.74 Å². The third-order valence-corrected chi connectivity index (χ3v) is 7.91. The summed E-state index contributed by atoms with van der Waals surface area (Å²) in [6, 6.07) is 32.4. The predicted molar refractivity (Wildman–Crippen MR) is 134 cm³/mol. The summed E-state index contributed by atoms with van der Waals surface area (Å²) >= 11 is 0.150. The van der Waals surface area contributed by atoms with E-state index in [9.17, 15) is 0 Å². The molecule has 0 aliphatic heterocycles. The van der Waals surface area contributed by atoms with Gasteiger partial charge in [-0.1, -0.05) is 6.07 Å². The molecule has 0 saturated carbocycles. The van der Waals surface area contributed by atoms with E-state index in [2.05, 4.69) is 35.3 Å². The number of rotatable bonds is 4. The maximum atomic E-state index is 6.07. The van der Waals surface area contributed by atoms with Crippen molar-refractivity contribution in [1.29, 1.82) is 0 Å². The van der Waals surface area contributed by atoms with Crippen molar-refractivity contribution in [3.05, 3.63) is 103 Å². The molecule has 4 nitrogen and oxygen atoms in total. The number of aryl methyl sites for hydroxylation is 1. The Labute approximate surface area is 197 Å². The third kappa shape index (κ3) is 3.82. The van der Waals surface area contributed by atoms with Crippen molar-refractivity contribution in [1.82, 2.24) is 15.0 Å². The van der Waals surface area contributed by atoms with Gasteiger partial charge < -0.3 is 0 Å². The van der Waals surface area contributed by atoms with Crippen LogP contribution in [0.25, 0.3) is 41.9 Å². The molecule has 0 radical (unpaired) electrons. The van der Waals surface area contributed by atoms with Crippen molar-refractivity contribution in [2.75, 3.05) is 0 Å². The Morgan fingerprint density at radius 3 is 2.15 bits per heavy atom. The quantitative estimate of drug-likeness (QED) is 0.258. The fraction of sp³-hybridized carbons (Fsp3) is 0.0357. The van der Waals surface area contributed by atoms with Crippen molar-refractivity contribution >= 4 is 33.9 Å². The Bertz CT molecular complexity index is 1610. The van der Waals surface area contributed by atoms with Crippen molar-refractivity contribution in [3.8, 4) is 34.3 Å². The van der Waals surface area contributed by atoms with E-state index in [0.29, 0.717) is 11.8 Å². The van der Waals surface area contributed by atoms with Crippen LogP contribution in [0.4, 0.5) is 0 Å². The van der Waals surface area contributed by atoms with Gasteiger partial charge in [0.15, 0.2) is 0 Å². The second-order valence-corrected chi connectivity index (χ2v) is 9.88. The summed E-state index contributed by atoms with van der Waals surface area (Å²) in [5, 5.41) is 2.51. The normalized spacial score (nSPS) is 11.2. The number of aromatic nitrogens is 3. The zero-order valence-electron chi connectivity index (χ0n) is 17.9. The molecule has 0 N–H and O–H groups in total. The van der Waals surface area contributed by atoms with Gasteiger partial charge in [0.25, 0.3) is 0 Å². The molecule has 4 aromatic heterocycles. The van der Waals surface area contributed by atoms with Gasteiger partial charge in [0.2, 0.25) is 0 Å². The molecule has 158 valence electrons. The third-order valence-electron chi connectivity index (χ3n) is 5.51. The van der Waals surface area contributed by atoms with Crippen LogP contribution in [-0.2, 0) is 0 Å². The number of pyridine rings is 3. The molecule has 4 heterocycles. The molecule has 0 saturated heterocycles. The summed E-state index contributed by atoms with van der Waals surface area (Å²) < 4.78 is 8.59. The molecule has 0 atom stereocenters. The molecular formula is C28H19N3OSe. The van der Waals surface area contributed by atoms with Crippen molar-refractivity contribution in [3.63, 3.8) is 0 Å². The van der Waals surface area contributed by atoms with Gasteiger partial charge in [-0.25, -0.2) is 0 Å². The molecular weight excluding hydrogens is 473 g/mol. The molecule has 0 aliphatic carbocycles. The van der Waals surface area contributed by atoms with Crippen LogP contribution in [0.1, 0.15) is 5.69 Å². The first kappa shape index (κ1) is 19.9. The second-order valence-electron chi connectivity index (χ2n) is 7.78. The topological polar surface area (TPSA) is 47.9 Å². The molecule has 6 rings (SSSR count). The van der Waals surface area contributed by atoms with Gasteiger partial charge in [-0.3, -0.25) is 0 Å². The Morgan fingerprint density at radius 1 is 0.606 bits per heavy atom. The monoisotopic (exact) mass is 493 g/mol. The summed E-state index contributed by atoms with van der Waals surface area (Å²) in [7, 11) is 0. The molecule has 0 unspecified atom stereocenters. The van der Waals surface area contributed by atoms with Gasteiger partial charge in [0.1, 0.15) is 0 Å². The average Bonchev–Trinajstić information content (AvgIpc) is 3.22. The van der Waals surface area contributed by atoms with Crippen LogP contribution < -0.4 is 4.74 Å². The summed E-state index contributed by atoms with van der Waals surface area (Å²) in [5.41, 5.74) is 5.02. The van der Waals surface area contributed by atoms with Gasteiger partial charge >= 0.3 is 192 Å². The van der Waals surface area contributed by atoms with E-state index >= 15 is 0 Å². The van der Waals surface area contributed by atoms with Gasteiger partial charge in [0, 0.05) is 0 Å². The first-order valence-corrected chi connectivity index (χ1v) is 12.4. The second kappa shape index (κ2) is 8.28. The fourth-order valence-corrected chi connectivity index (χ4v) is 6.55. The van der Waals surface area contributed by atoms with Crippen LogP contribution in [-0.4, -0.2) is 29.5 Å². The van der Waals surface area contributed by atoms with E-state index in [1.54, 1.807) is 0 Å². The summed E-state index contributed by atoms with van der Waals surface area (Å²) in [6.45, 7) is 2.05. The summed E-state index contributed by atoms with van der Waals surface area (Å²) in [6.07, 6.45) is 0. The Hall–Kier alpha value is -3.79. The van der Waals surface area contributed by atoms with Crippen LogP contribution >= 0.6 is 0 Å². The minimum absolute atomic E-state index is 0.150. The zero-order valence-corrected chi connectivity index (χ0v) is 19.6. The van der Waals surface area contributed by atoms with Crippen LogP contribution in [0.3, 0.4) is 0 Å². The van der Waals surface area contributed by atoms with E-state index < -0.39 is 0 Å². The Balaban J connectivity index is 1.38. The number of ether oxygens (including phenoxy) is 1. The number of benzene rings is 2. The van der Waals surface area contributed by atoms with Crippen LogP contribution in [0.2, 0.25) is 0 Å². The van der Waals surface area contributed by atoms with E-state index in [1.165, 1.54) is 19.4 Å². The first-order chi connectivity index (χ1) is 16.2. The summed E-state index contributed by atoms with van der Waals surface area (Å²) in [5.74, 6) is 1.05. The Morgan fingerprint density at radius 2 is 1.33 bits per heavy atom. The minimum atomic E-state index is 0.150. The average molecular weight is 492 g/mol. The number of nitrogens with zero attached hydrogens (tertiary/aromatic N) is 3. The molecule has 0 fully saturated rings. The Kier molecular flexibility index (Phi) is 4.99. The SMILES string of the molecule is Cc1ccc2c(n1)[se]c1c(-c3cccc(Oc4cccc(-c5ccccc5)n4)n3)cccc12. The molecule has 0 amide bonds. The zero-order chi connectivity index (χ0) is 22.2. The van der Waals surface area contributed by atoms with Crippen LogP contribution in [0, 0.1) is 6.92 Å². The number of hydrogen-bond donors (Lipinski definition) is 0. The van der Waals surface area contributed by atoms with Gasteiger partial charge in [-0.2, -0.15) is 0 Å². The fourth-order valence-electron chi connectivity index (χ4n) is 3.94. The number of fused-ring (bicyclic) bond motifs is 3. The summed E-state index contributed by atoms with van der Waals surface area (Å²) in [4.78, 5) is 14.3. The van der Waals surface area contributed by atoms with Crippen LogP contribution in [0.15, 0.2) is 97.1 Å². The van der Waals surface area contributed by atoms with Crippen molar-refractivity contribution in [2.45, 2.75) is 6.92 Å². The van der Waals surface area contributed by atoms with E-state index in [1.807, 2.05) is 73.7 Å². The molecule has 0 spiro atoms. The standard InChI is InChI=1S/C28H19N3OSe/c1-18-16-17-21-20-10-5-11-22(27(20)33-28(21)29-18)24-13-7-15-26(31-24)32-25-14-6-12-23(30-25)19-8-3-2-4-9-19/h2-17H,1H3. The van der Waals surface area contributed by atoms with Crippen molar-refractivity contribution in [2.24, 2.45) is 0 Å². The van der Waals surface area contributed by atoms with Gasteiger partial charge in [-0.05, 0) is 0 Å². The molecule has 0 bridgehead atoms. The molecule has 2 aromatic carbocycles. The maximum absolute atomic E-state index is 6.07. The molecule has 0 aliphatic rings. The molecule has 6 aromatic rings. The molecule has 33 heavy (non-hydrogen) atoms. The van der Waals surface area contributed by atoms with Crippen LogP contribution in [0.5, 0.6) is 11.8 Å². The van der Waals surface area contributed by atoms with E-state index in [0.717, 1.165) is 28.2 Å². The van der Waals surface area contributed by atoms with E-state index in [4.69, 9.17) is 14.7 Å². The van der Waals surface area contributed by atoms with E-state index in [-0.39, 0.29) is 14.5 Å². The van der Waals surface area contributed by atoms with Gasteiger partial charge in [0.05, 0.1) is 0 Å². The first-order valence-electron chi connectivity index (χ1n) is 10.7. The molecule has 5 heteroatoms. The number of hydrogen-bond acceptors (Lipinski definition) is 4.